The first-order valence-electron chi connectivity index (χ1n) is 14.8. The number of carbonyl (C=O) groups excluding carboxylic acids is 4. The second kappa shape index (κ2) is 13.7. The number of esters is 4. The summed E-state index contributed by atoms with van der Waals surface area (Å²) in [5.41, 5.74) is 4.07. The standard InChI is InChI=1S/C36H34O9/c1-21(17-33(38)42-25-7-5-4-6-8-25)34(39)45-28-14-16-30-29-15-9-24(18-31(29)23(3)32(30)19-28)36(41)44-27-12-10-26(11-13-27)43-35(40)22(2)20-37/h9-16,18-19,23,25,37H,1-2,4-8,17,20H2,3H3. The Labute approximate surface area is 261 Å². The number of hydrogen-bond donors (Lipinski definition) is 1. The van der Waals surface area contributed by atoms with E-state index in [0.717, 1.165) is 54.4 Å². The monoisotopic (exact) mass is 610 g/mol. The second-order valence-corrected chi connectivity index (χ2v) is 11.2. The van der Waals surface area contributed by atoms with Gasteiger partial charge in [-0.1, -0.05) is 38.6 Å². The molecule has 232 valence electrons. The molecule has 9 heteroatoms. The van der Waals surface area contributed by atoms with E-state index in [9.17, 15) is 19.2 Å². The molecule has 45 heavy (non-hydrogen) atoms. The summed E-state index contributed by atoms with van der Waals surface area (Å²) in [5, 5.41) is 8.99. The molecule has 0 aliphatic heterocycles. The Balaban J connectivity index is 1.19. The van der Waals surface area contributed by atoms with Crippen LogP contribution in [0.25, 0.3) is 11.1 Å². The van der Waals surface area contributed by atoms with Crippen LogP contribution >= 0.6 is 0 Å². The van der Waals surface area contributed by atoms with Gasteiger partial charge in [0, 0.05) is 11.5 Å². The zero-order chi connectivity index (χ0) is 32.1. The molecule has 3 aromatic rings. The molecule has 5 rings (SSSR count). The molecule has 0 bridgehead atoms. The van der Waals surface area contributed by atoms with Gasteiger partial charge in [-0.2, -0.15) is 0 Å². The summed E-state index contributed by atoms with van der Waals surface area (Å²) in [7, 11) is 0. The Kier molecular flexibility index (Phi) is 9.59. The van der Waals surface area contributed by atoms with Crippen LogP contribution in [0, 0.1) is 0 Å². The van der Waals surface area contributed by atoms with Gasteiger partial charge in [-0.25, -0.2) is 14.4 Å². The SMILES string of the molecule is C=C(CO)C(=O)Oc1ccc(OC(=O)c2ccc3c(c2)C(C)c2cc(OC(=O)C(=C)CC(=O)OC4CCCCC4)ccc2-3)cc1. The average Bonchev–Trinajstić information content (AvgIpc) is 3.32. The number of ether oxygens (including phenoxy) is 4. The van der Waals surface area contributed by atoms with Gasteiger partial charge in [-0.3, -0.25) is 4.79 Å². The Bertz CT molecular complexity index is 1660. The highest BCUT2D eigenvalue weighted by Crippen LogP contribution is 2.46. The van der Waals surface area contributed by atoms with E-state index in [1.165, 1.54) is 24.3 Å². The lowest BCUT2D eigenvalue weighted by atomic mass is 9.98. The van der Waals surface area contributed by atoms with Crippen molar-refractivity contribution >= 4 is 23.9 Å². The van der Waals surface area contributed by atoms with E-state index in [2.05, 4.69) is 13.2 Å². The summed E-state index contributed by atoms with van der Waals surface area (Å²) in [6.45, 7) is 8.64. The maximum absolute atomic E-state index is 13.0. The highest BCUT2D eigenvalue weighted by molar-refractivity contribution is 5.95. The van der Waals surface area contributed by atoms with Crippen LogP contribution in [-0.2, 0) is 19.1 Å². The van der Waals surface area contributed by atoms with E-state index in [-0.39, 0.29) is 41.1 Å². The summed E-state index contributed by atoms with van der Waals surface area (Å²) in [6.07, 6.45) is 4.59. The van der Waals surface area contributed by atoms with Crippen molar-refractivity contribution in [2.75, 3.05) is 6.61 Å². The van der Waals surface area contributed by atoms with Crippen LogP contribution in [0.3, 0.4) is 0 Å². The lowest BCUT2D eigenvalue weighted by Gasteiger charge is -2.21. The minimum absolute atomic E-state index is 0.0269. The predicted molar refractivity (Wildman–Crippen MR) is 165 cm³/mol. The van der Waals surface area contributed by atoms with Crippen molar-refractivity contribution in [2.45, 2.75) is 57.5 Å². The average molecular weight is 611 g/mol. The second-order valence-electron chi connectivity index (χ2n) is 11.2. The predicted octanol–water partition coefficient (Wildman–Crippen LogP) is 6.22. The molecule has 1 N–H and O–H groups in total. The van der Waals surface area contributed by atoms with Gasteiger partial charge in [0.2, 0.25) is 0 Å². The summed E-state index contributed by atoms with van der Waals surface area (Å²) < 4.78 is 21.7. The largest absolute Gasteiger partial charge is 0.462 e. The molecule has 0 saturated heterocycles. The quantitative estimate of drug-likeness (QED) is 0.162. The van der Waals surface area contributed by atoms with Crippen LogP contribution in [0.2, 0.25) is 0 Å². The van der Waals surface area contributed by atoms with Crippen LogP contribution in [0.4, 0.5) is 0 Å². The fourth-order valence-corrected chi connectivity index (χ4v) is 5.49. The highest BCUT2D eigenvalue weighted by Gasteiger charge is 2.28. The maximum Gasteiger partial charge on any atom is 0.343 e. The first-order chi connectivity index (χ1) is 21.6. The molecule has 2 aliphatic rings. The molecule has 1 saturated carbocycles. The first-order valence-corrected chi connectivity index (χ1v) is 14.8. The van der Waals surface area contributed by atoms with Gasteiger partial charge in [0.05, 0.1) is 24.2 Å². The van der Waals surface area contributed by atoms with E-state index >= 15 is 0 Å². The minimum Gasteiger partial charge on any atom is -0.462 e. The van der Waals surface area contributed by atoms with Gasteiger partial charge < -0.3 is 24.1 Å². The molecule has 9 nitrogen and oxygen atoms in total. The van der Waals surface area contributed by atoms with Crippen molar-refractivity contribution in [3.8, 4) is 28.4 Å². The molecule has 0 radical (unpaired) electrons. The summed E-state index contributed by atoms with van der Waals surface area (Å²) in [6, 6.07) is 16.6. The van der Waals surface area contributed by atoms with E-state index in [1.54, 1.807) is 24.3 Å². The third-order valence-electron chi connectivity index (χ3n) is 7.97. The Morgan fingerprint density at radius 2 is 1.29 bits per heavy atom. The zero-order valence-corrected chi connectivity index (χ0v) is 25.0. The van der Waals surface area contributed by atoms with Crippen LogP contribution in [0.15, 0.2) is 85.0 Å². The van der Waals surface area contributed by atoms with Crippen molar-refractivity contribution in [3.63, 3.8) is 0 Å². The van der Waals surface area contributed by atoms with Gasteiger partial charge in [0.1, 0.15) is 23.4 Å². The topological polar surface area (TPSA) is 125 Å². The molecule has 1 fully saturated rings. The van der Waals surface area contributed by atoms with E-state index < -0.39 is 30.5 Å². The highest BCUT2D eigenvalue weighted by atomic mass is 16.6. The fourth-order valence-electron chi connectivity index (χ4n) is 5.49. The van der Waals surface area contributed by atoms with Crippen molar-refractivity contribution in [1.29, 1.82) is 0 Å². The third kappa shape index (κ3) is 7.38. The molecule has 2 aliphatic carbocycles. The van der Waals surface area contributed by atoms with Gasteiger partial charge in [-0.15, -0.1) is 0 Å². The summed E-state index contributed by atoms with van der Waals surface area (Å²) in [4.78, 5) is 49.7. The van der Waals surface area contributed by atoms with Crippen LogP contribution in [-0.4, -0.2) is 41.7 Å². The number of carbonyl (C=O) groups is 4. The van der Waals surface area contributed by atoms with Crippen LogP contribution < -0.4 is 14.2 Å². The van der Waals surface area contributed by atoms with E-state index in [0.29, 0.717) is 11.3 Å². The molecular weight excluding hydrogens is 576 g/mol. The third-order valence-corrected chi connectivity index (χ3v) is 7.97. The molecule has 1 unspecified atom stereocenters. The zero-order valence-electron chi connectivity index (χ0n) is 25.0. The summed E-state index contributed by atoms with van der Waals surface area (Å²) >= 11 is 0. The summed E-state index contributed by atoms with van der Waals surface area (Å²) in [5.74, 6) is -1.78. The van der Waals surface area contributed by atoms with E-state index in [1.807, 2.05) is 19.1 Å². The molecule has 1 atom stereocenters. The maximum atomic E-state index is 13.0. The Morgan fingerprint density at radius 1 is 0.733 bits per heavy atom. The van der Waals surface area contributed by atoms with Gasteiger partial charge in [0.25, 0.3) is 0 Å². The molecule has 0 aromatic heterocycles. The van der Waals surface area contributed by atoms with E-state index in [4.69, 9.17) is 24.1 Å². The number of benzene rings is 3. The number of aliphatic hydroxyl groups is 1. The van der Waals surface area contributed by atoms with Crippen LogP contribution in [0.1, 0.15) is 72.9 Å². The molecule has 3 aromatic carbocycles. The Hall–Kier alpha value is -5.02. The minimum atomic E-state index is -0.752. The lowest BCUT2D eigenvalue weighted by molar-refractivity contribution is -0.150. The van der Waals surface area contributed by atoms with Crippen molar-refractivity contribution in [3.05, 3.63) is 102 Å². The van der Waals surface area contributed by atoms with Crippen molar-refractivity contribution < 1.29 is 43.2 Å². The van der Waals surface area contributed by atoms with Crippen LogP contribution in [0.5, 0.6) is 17.2 Å². The molecular formula is C36H34O9. The molecule has 0 amide bonds. The molecule has 0 heterocycles. The van der Waals surface area contributed by atoms with Gasteiger partial charge >= 0.3 is 23.9 Å². The Morgan fingerprint density at radius 3 is 1.96 bits per heavy atom. The van der Waals surface area contributed by atoms with Gasteiger partial charge in [-0.05, 0) is 96.5 Å². The van der Waals surface area contributed by atoms with Crippen molar-refractivity contribution in [2.24, 2.45) is 0 Å². The number of fused-ring (bicyclic) bond motifs is 3. The normalized spacial score (nSPS) is 15.3. The number of hydrogen-bond acceptors (Lipinski definition) is 9. The number of aliphatic hydroxyl groups excluding tert-OH is 1. The number of rotatable bonds is 10. The van der Waals surface area contributed by atoms with Gasteiger partial charge in [0.15, 0.2) is 0 Å². The smallest absolute Gasteiger partial charge is 0.343 e. The molecule has 0 spiro atoms. The lowest BCUT2D eigenvalue weighted by Crippen LogP contribution is -2.22. The fraction of sp³-hybridized carbons (Fsp3) is 0.278. The first kappa shape index (κ1) is 31.4. The van der Waals surface area contributed by atoms with Crippen molar-refractivity contribution in [1.82, 2.24) is 0 Å².